The predicted molar refractivity (Wildman–Crippen MR) is 64.0 cm³/mol. The number of hydrogen-bond acceptors (Lipinski definition) is 3. The van der Waals surface area contributed by atoms with Crippen molar-refractivity contribution < 1.29 is 15.0 Å². The number of carboxylic acids is 1. The summed E-state index contributed by atoms with van der Waals surface area (Å²) in [7, 11) is 3.87. The summed E-state index contributed by atoms with van der Waals surface area (Å²) < 4.78 is 0. The van der Waals surface area contributed by atoms with E-state index in [0.717, 1.165) is 11.1 Å². The summed E-state index contributed by atoms with van der Waals surface area (Å²) in [6.07, 6.45) is 0.710. The maximum Gasteiger partial charge on any atom is 0.307 e. The van der Waals surface area contributed by atoms with E-state index in [9.17, 15) is 9.90 Å². The average molecular weight is 235 g/mol. The average Bonchev–Trinajstić information content (AvgIpc) is 3.00. The number of aromatic hydroxyl groups is 1. The molecule has 1 aliphatic carbocycles. The van der Waals surface area contributed by atoms with Crippen LogP contribution in [-0.4, -0.2) is 35.2 Å². The van der Waals surface area contributed by atoms with Crippen LogP contribution in [0.15, 0.2) is 18.2 Å². The fourth-order valence-electron chi connectivity index (χ4n) is 2.14. The van der Waals surface area contributed by atoms with Gasteiger partial charge in [0, 0.05) is 12.1 Å². The van der Waals surface area contributed by atoms with Crippen LogP contribution in [0.1, 0.15) is 23.5 Å². The molecule has 0 aromatic heterocycles. The SMILES string of the molecule is CN(C)Cc1cc(C2CC2C(=O)O)ccc1O. The zero-order chi connectivity index (χ0) is 12.6. The molecule has 0 aliphatic heterocycles. The van der Waals surface area contributed by atoms with E-state index in [2.05, 4.69) is 0 Å². The molecular weight excluding hydrogens is 218 g/mol. The van der Waals surface area contributed by atoms with Gasteiger partial charge in [-0.3, -0.25) is 4.79 Å². The molecule has 1 saturated carbocycles. The Hall–Kier alpha value is -1.55. The first-order chi connectivity index (χ1) is 7.99. The van der Waals surface area contributed by atoms with Crippen LogP contribution in [0.2, 0.25) is 0 Å². The zero-order valence-electron chi connectivity index (χ0n) is 10.1. The molecule has 4 nitrogen and oxygen atoms in total. The quantitative estimate of drug-likeness (QED) is 0.833. The number of benzene rings is 1. The summed E-state index contributed by atoms with van der Waals surface area (Å²) >= 11 is 0. The van der Waals surface area contributed by atoms with Gasteiger partial charge in [0.2, 0.25) is 0 Å². The number of rotatable bonds is 4. The highest BCUT2D eigenvalue weighted by Gasteiger charge is 2.44. The van der Waals surface area contributed by atoms with Gasteiger partial charge in [-0.2, -0.15) is 0 Å². The summed E-state index contributed by atoms with van der Waals surface area (Å²) in [6, 6.07) is 5.40. The molecule has 0 radical (unpaired) electrons. The molecule has 4 heteroatoms. The van der Waals surface area contributed by atoms with Gasteiger partial charge in [0.1, 0.15) is 5.75 Å². The van der Waals surface area contributed by atoms with Crippen LogP contribution in [0.4, 0.5) is 0 Å². The number of phenolic OH excluding ortho intramolecular Hbond substituents is 1. The minimum atomic E-state index is -0.725. The molecular formula is C13H17NO3. The molecule has 0 bridgehead atoms. The Labute approximate surface area is 100 Å². The van der Waals surface area contributed by atoms with Crippen molar-refractivity contribution in [1.82, 2.24) is 4.90 Å². The van der Waals surface area contributed by atoms with Gasteiger partial charge in [-0.05, 0) is 38.1 Å². The first kappa shape index (κ1) is 11.9. The van der Waals surface area contributed by atoms with Crippen LogP contribution < -0.4 is 0 Å². The van der Waals surface area contributed by atoms with Crippen molar-refractivity contribution in [3.8, 4) is 5.75 Å². The van der Waals surface area contributed by atoms with E-state index in [0.29, 0.717) is 13.0 Å². The summed E-state index contributed by atoms with van der Waals surface area (Å²) in [5.74, 6) is -0.576. The Morgan fingerprint density at radius 3 is 2.71 bits per heavy atom. The van der Waals surface area contributed by atoms with Gasteiger partial charge in [-0.25, -0.2) is 0 Å². The predicted octanol–water partition coefficient (Wildman–Crippen LogP) is 1.64. The third-order valence-corrected chi connectivity index (χ3v) is 3.13. The Morgan fingerprint density at radius 2 is 2.18 bits per heavy atom. The van der Waals surface area contributed by atoms with Gasteiger partial charge in [-0.1, -0.05) is 12.1 Å². The van der Waals surface area contributed by atoms with E-state index in [1.54, 1.807) is 6.07 Å². The summed E-state index contributed by atoms with van der Waals surface area (Å²) in [5.41, 5.74) is 1.87. The highest BCUT2D eigenvalue weighted by Crippen LogP contribution is 2.48. The van der Waals surface area contributed by atoms with E-state index in [1.165, 1.54) is 0 Å². The van der Waals surface area contributed by atoms with E-state index in [4.69, 9.17) is 5.11 Å². The van der Waals surface area contributed by atoms with Crippen LogP contribution in [0.25, 0.3) is 0 Å². The monoisotopic (exact) mass is 235 g/mol. The summed E-state index contributed by atoms with van der Waals surface area (Å²) in [4.78, 5) is 12.8. The second-order valence-corrected chi connectivity index (χ2v) is 4.91. The van der Waals surface area contributed by atoms with Crippen molar-refractivity contribution in [1.29, 1.82) is 0 Å². The van der Waals surface area contributed by atoms with Crippen molar-refractivity contribution in [3.63, 3.8) is 0 Å². The van der Waals surface area contributed by atoms with Gasteiger partial charge < -0.3 is 15.1 Å². The minimum Gasteiger partial charge on any atom is -0.508 e. The molecule has 0 amide bonds. The first-order valence-electron chi connectivity index (χ1n) is 5.68. The lowest BCUT2D eigenvalue weighted by molar-refractivity contribution is -0.138. The molecule has 2 N–H and O–H groups in total. The number of hydrogen-bond donors (Lipinski definition) is 2. The molecule has 1 fully saturated rings. The Morgan fingerprint density at radius 1 is 1.47 bits per heavy atom. The smallest absolute Gasteiger partial charge is 0.307 e. The lowest BCUT2D eigenvalue weighted by Gasteiger charge is -2.12. The Kier molecular flexibility index (Phi) is 3.07. The zero-order valence-corrected chi connectivity index (χ0v) is 10.1. The van der Waals surface area contributed by atoms with Crippen molar-refractivity contribution in [2.45, 2.75) is 18.9 Å². The van der Waals surface area contributed by atoms with E-state index in [-0.39, 0.29) is 17.6 Å². The van der Waals surface area contributed by atoms with E-state index < -0.39 is 5.97 Å². The van der Waals surface area contributed by atoms with Gasteiger partial charge >= 0.3 is 5.97 Å². The van der Waals surface area contributed by atoms with Gasteiger partial charge in [0.25, 0.3) is 0 Å². The van der Waals surface area contributed by atoms with Crippen LogP contribution in [0, 0.1) is 5.92 Å². The maximum absolute atomic E-state index is 10.8. The number of carbonyl (C=O) groups is 1. The second kappa shape index (κ2) is 4.37. The van der Waals surface area contributed by atoms with Gasteiger partial charge in [0.15, 0.2) is 0 Å². The fraction of sp³-hybridized carbons (Fsp3) is 0.462. The van der Waals surface area contributed by atoms with Crippen molar-refractivity contribution in [2.75, 3.05) is 14.1 Å². The lowest BCUT2D eigenvalue weighted by atomic mass is 10.0. The van der Waals surface area contributed by atoms with Crippen molar-refractivity contribution >= 4 is 5.97 Å². The summed E-state index contributed by atoms with van der Waals surface area (Å²) in [5, 5.41) is 18.6. The van der Waals surface area contributed by atoms with Crippen LogP contribution in [0.5, 0.6) is 5.75 Å². The number of aliphatic carboxylic acids is 1. The molecule has 2 unspecified atom stereocenters. The molecule has 92 valence electrons. The highest BCUT2D eigenvalue weighted by atomic mass is 16.4. The lowest BCUT2D eigenvalue weighted by Crippen LogP contribution is -2.11. The minimum absolute atomic E-state index is 0.119. The Balaban J connectivity index is 2.17. The third kappa shape index (κ3) is 2.58. The maximum atomic E-state index is 10.8. The number of carboxylic acid groups (broad SMARTS) is 1. The van der Waals surface area contributed by atoms with Crippen LogP contribution in [0.3, 0.4) is 0 Å². The Bertz CT molecular complexity index is 442. The van der Waals surface area contributed by atoms with Crippen molar-refractivity contribution in [2.24, 2.45) is 5.92 Å². The first-order valence-corrected chi connectivity index (χ1v) is 5.68. The largest absolute Gasteiger partial charge is 0.508 e. The topological polar surface area (TPSA) is 60.8 Å². The van der Waals surface area contributed by atoms with E-state index >= 15 is 0 Å². The number of nitrogens with zero attached hydrogens (tertiary/aromatic N) is 1. The number of phenols is 1. The van der Waals surface area contributed by atoms with Crippen molar-refractivity contribution in [3.05, 3.63) is 29.3 Å². The fourth-order valence-corrected chi connectivity index (χ4v) is 2.14. The molecule has 2 atom stereocenters. The molecule has 2 rings (SSSR count). The normalized spacial score (nSPS) is 22.8. The van der Waals surface area contributed by atoms with Gasteiger partial charge in [0.05, 0.1) is 5.92 Å². The molecule has 1 aromatic carbocycles. The third-order valence-electron chi connectivity index (χ3n) is 3.13. The second-order valence-electron chi connectivity index (χ2n) is 4.91. The molecule has 0 spiro atoms. The van der Waals surface area contributed by atoms with Crippen LogP contribution in [-0.2, 0) is 11.3 Å². The van der Waals surface area contributed by atoms with E-state index in [1.807, 2.05) is 31.1 Å². The molecule has 1 aliphatic rings. The summed E-state index contributed by atoms with van der Waals surface area (Å²) in [6.45, 7) is 0.657. The highest BCUT2D eigenvalue weighted by molar-refractivity contribution is 5.75. The molecule has 0 heterocycles. The van der Waals surface area contributed by atoms with Gasteiger partial charge in [-0.15, -0.1) is 0 Å². The molecule has 17 heavy (non-hydrogen) atoms. The standard InChI is InChI=1S/C13H17NO3/c1-14(2)7-9-5-8(3-4-12(9)15)10-6-11(10)13(16)17/h3-5,10-11,15H,6-7H2,1-2H3,(H,16,17). The molecule has 1 aromatic rings. The molecule has 0 saturated heterocycles. The van der Waals surface area contributed by atoms with Crippen LogP contribution >= 0.6 is 0 Å².